The number of nitrogens with one attached hydrogen (secondary N) is 1. The molecule has 0 saturated carbocycles. The highest BCUT2D eigenvalue weighted by atomic mass is 19.1. The molecule has 0 aliphatic heterocycles. The molecule has 5 rings (SSSR count). The molecule has 0 atom stereocenters. The summed E-state index contributed by atoms with van der Waals surface area (Å²) in [5.74, 6) is -0.172. The fraction of sp³-hybridized carbons (Fsp3) is 0.138. The summed E-state index contributed by atoms with van der Waals surface area (Å²) in [5, 5.41) is 4.30. The molecule has 1 aliphatic carbocycles. The number of alkyl carbamates (subject to hydrolysis) is 1. The molecule has 0 unspecified atom stereocenters. The molecule has 3 nitrogen and oxygen atoms in total. The Morgan fingerprint density at radius 1 is 0.848 bits per heavy atom. The third-order valence-electron chi connectivity index (χ3n) is 6.13. The molecule has 0 spiro atoms. The van der Waals surface area contributed by atoms with E-state index < -0.39 is 6.09 Å². The van der Waals surface area contributed by atoms with Crippen LogP contribution in [0.5, 0.6) is 0 Å². The van der Waals surface area contributed by atoms with Gasteiger partial charge in [0, 0.05) is 17.8 Å². The number of ether oxygens (including phenoxy) is 1. The Bertz CT molecular complexity index is 1300. The quantitative estimate of drug-likeness (QED) is 0.333. The van der Waals surface area contributed by atoms with Crippen molar-refractivity contribution in [2.75, 3.05) is 13.2 Å². The predicted octanol–water partition coefficient (Wildman–Crippen LogP) is 6.92. The molecule has 4 heteroatoms. The highest BCUT2D eigenvalue weighted by molar-refractivity contribution is 5.91. The number of fused-ring (bicyclic) bond motifs is 4. The van der Waals surface area contributed by atoms with Gasteiger partial charge < -0.3 is 10.1 Å². The van der Waals surface area contributed by atoms with Gasteiger partial charge in [-0.2, -0.15) is 0 Å². The lowest BCUT2D eigenvalue weighted by atomic mass is 9.98. The van der Waals surface area contributed by atoms with Crippen LogP contribution in [0.1, 0.15) is 29.0 Å². The minimum atomic E-state index is -0.419. The maximum atomic E-state index is 14.0. The fourth-order valence-electron chi connectivity index (χ4n) is 4.55. The summed E-state index contributed by atoms with van der Waals surface area (Å²) >= 11 is 0. The van der Waals surface area contributed by atoms with Gasteiger partial charge in [0.1, 0.15) is 12.4 Å². The zero-order chi connectivity index (χ0) is 22.6. The van der Waals surface area contributed by atoms with E-state index in [-0.39, 0.29) is 11.7 Å². The zero-order valence-corrected chi connectivity index (χ0v) is 18.1. The Morgan fingerprint density at radius 3 is 2.21 bits per heavy atom. The van der Waals surface area contributed by atoms with E-state index in [1.165, 1.54) is 28.3 Å². The largest absolute Gasteiger partial charge is 0.449 e. The average Bonchev–Trinajstić information content (AvgIpc) is 3.18. The van der Waals surface area contributed by atoms with Crippen molar-refractivity contribution in [3.8, 4) is 11.1 Å². The molecule has 1 N–H and O–H groups in total. The molecule has 0 saturated heterocycles. The van der Waals surface area contributed by atoms with Crippen molar-refractivity contribution in [2.24, 2.45) is 0 Å². The van der Waals surface area contributed by atoms with E-state index in [1.54, 1.807) is 12.1 Å². The molecule has 0 fully saturated rings. The number of hydrogen-bond acceptors (Lipinski definition) is 2. The lowest BCUT2D eigenvalue weighted by molar-refractivity contribution is 0.143. The number of amides is 1. The second-order valence-electron chi connectivity index (χ2n) is 8.13. The molecule has 4 aromatic rings. The second kappa shape index (κ2) is 9.29. The first kappa shape index (κ1) is 21.0. The van der Waals surface area contributed by atoms with Crippen LogP contribution in [-0.2, 0) is 4.74 Å². The molecule has 4 aromatic carbocycles. The van der Waals surface area contributed by atoms with Gasteiger partial charge in [0.25, 0.3) is 0 Å². The SMILES string of the molecule is O=C(NCCC=Cc1ccc(F)c2ccccc12)OCC1c2ccccc2-c2ccccc21. The Kier molecular flexibility index (Phi) is 5.90. The van der Waals surface area contributed by atoms with Gasteiger partial charge in [-0.25, -0.2) is 9.18 Å². The maximum absolute atomic E-state index is 14.0. The number of carbonyl (C=O) groups excluding carboxylic acids is 1. The van der Waals surface area contributed by atoms with Gasteiger partial charge in [0.05, 0.1) is 0 Å². The van der Waals surface area contributed by atoms with Gasteiger partial charge in [-0.3, -0.25) is 0 Å². The van der Waals surface area contributed by atoms with Crippen molar-refractivity contribution in [1.29, 1.82) is 0 Å². The summed E-state index contributed by atoms with van der Waals surface area (Å²) in [6.45, 7) is 0.767. The first-order chi connectivity index (χ1) is 16.2. The minimum absolute atomic E-state index is 0.0507. The lowest BCUT2D eigenvalue weighted by Crippen LogP contribution is -2.26. The summed E-state index contributed by atoms with van der Waals surface area (Å²) in [5.41, 5.74) is 5.76. The van der Waals surface area contributed by atoms with Crippen LogP contribution in [0, 0.1) is 5.82 Å². The van der Waals surface area contributed by atoms with Crippen LogP contribution in [0.15, 0.2) is 91.0 Å². The molecule has 0 radical (unpaired) electrons. The molecule has 1 amide bonds. The normalized spacial score (nSPS) is 12.6. The third-order valence-corrected chi connectivity index (χ3v) is 6.13. The van der Waals surface area contributed by atoms with Crippen molar-refractivity contribution < 1.29 is 13.9 Å². The molecule has 1 aliphatic rings. The lowest BCUT2D eigenvalue weighted by Gasteiger charge is -2.14. The first-order valence-corrected chi connectivity index (χ1v) is 11.1. The van der Waals surface area contributed by atoms with Crippen LogP contribution < -0.4 is 5.32 Å². The highest BCUT2D eigenvalue weighted by Gasteiger charge is 2.28. The standard InChI is InChI=1S/C29H24FNO2/c30-28-17-16-20(21-10-1-6-15-26(21)28)9-7-8-18-31-29(32)33-19-27-24-13-4-2-11-22(24)23-12-3-5-14-25(23)27/h1-7,9-17,27H,8,18-19H2,(H,31,32). The minimum Gasteiger partial charge on any atom is -0.449 e. The first-order valence-electron chi connectivity index (χ1n) is 11.1. The average molecular weight is 438 g/mol. The Hall–Kier alpha value is -3.92. The van der Waals surface area contributed by atoms with Crippen molar-refractivity contribution >= 4 is 22.9 Å². The molecule has 0 aromatic heterocycles. The predicted molar refractivity (Wildman–Crippen MR) is 131 cm³/mol. The summed E-state index contributed by atoms with van der Waals surface area (Å²) in [6, 6.07) is 27.2. The molecule has 164 valence electrons. The van der Waals surface area contributed by atoms with Crippen molar-refractivity contribution in [3.63, 3.8) is 0 Å². The Balaban J connectivity index is 1.15. The number of hydrogen-bond donors (Lipinski definition) is 1. The second-order valence-corrected chi connectivity index (χ2v) is 8.13. The number of halogens is 1. The topological polar surface area (TPSA) is 38.3 Å². The van der Waals surface area contributed by atoms with Crippen molar-refractivity contribution in [2.45, 2.75) is 12.3 Å². The number of rotatable bonds is 6. The summed E-state index contributed by atoms with van der Waals surface area (Å²) < 4.78 is 19.5. The van der Waals surface area contributed by atoms with Crippen LogP contribution in [0.3, 0.4) is 0 Å². The number of benzene rings is 4. The molecule has 0 heterocycles. The zero-order valence-electron chi connectivity index (χ0n) is 18.1. The van der Waals surface area contributed by atoms with E-state index in [0.29, 0.717) is 25.0 Å². The monoisotopic (exact) mass is 437 g/mol. The van der Waals surface area contributed by atoms with Crippen molar-refractivity contribution in [3.05, 3.63) is 114 Å². The van der Waals surface area contributed by atoms with E-state index in [2.05, 4.69) is 29.6 Å². The molecular formula is C29H24FNO2. The van der Waals surface area contributed by atoms with Gasteiger partial charge in [0.2, 0.25) is 0 Å². The summed E-state index contributed by atoms with van der Waals surface area (Å²) in [4.78, 5) is 12.3. The summed E-state index contributed by atoms with van der Waals surface area (Å²) in [7, 11) is 0. The van der Waals surface area contributed by atoms with Gasteiger partial charge in [-0.15, -0.1) is 0 Å². The van der Waals surface area contributed by atoms with Gasteiger partial charge in [0.15, 0.2) is 0 Å². The molecule has 0 bridgehead atoms. The van der Waals surface area contributed by atoms with Crippen LogP contribution >= 0.6 is 0 Å². The Morgan fingerprint density at radius 2 is 1.48 bits per heavy atom. The van der Waals surface area contributed by atoms with E-state index in [4.69, 9.17) is 4.74 Å². The smallest absolute Gasteiger partial charge is 0.407 e. The van der Waals surface area contributed by atoms with Crippen LogP contribution in [0.2, 0.25) is 0 Å². The van der Waals surface area contributed by atoms with Crippen LogP contribution in [0.4, 0.5) is 9.18 Å². The number of carbonyl (C=O) groups is 1. The maximum Gasteiger partial charge on any atom is 0.407 e. The van der Waals surface area contributed by atoms with E-state index in [9.17, 15) is 9.18 Å². The molecular weight excluding hydrogens is 413 g/mol. The van der Waals surface area contributed by atoms with Crippen LogP contribution in [0.25, 0.3) is 28.0 Å². The highest BCUT2D eigenvalue weighted by Crippen LogP contribution is 2.44. The van der Waals surface area contributed by atoms with E-state index in [0.717, 1.165) is 10.9 Å². The van der Waals surface area contributed by atoms with Crippen molar-refractivity contribution in [1.82, 2.24) is 5.32 Å². The Labute approximate surface area is 192 Å². The van der Waals surface area contributed by atoms with Gasteiger partial charge in [-0.1, -0.05) is 91.0 Å². The van der Waals surface area contributed by atoms with Gasteiger partial charge in [-0.05, 0) is 45.7 Å². The third kappa shape index (κ3) is 4.24. The van der Waals surface area contributed by atoms with E-state index >= 15 is 0 Å². The fourth-order valence-corrected chi connectivity index (χ4v) is 4.55. The van der Waals surface area contributed by atoms with Crippen LogP contribution in [-0.4, -0.2) is 19.2 Å². The summed E-state index contributed by atoms with van der Waals surface area (Å²) in [6.07, 6.45) is 4.16. The van der Waals surface area contributed by atoms with Gasteiger partial charge >= 0.3 is 6.09 Å². The van der Waals surface area contributed by atoms with E-state index in [1.807, 2.05) is 54.6 Å². The molecule has 33 heavy (non-hydrogen) atoms.